The Morgan fingerprint density at radius 1 is 1.47 bits per heavy atom. The van der Waals surface area contributed by atoms with E-state index in [1.165, 1.54) is 10.9 Å². The number of H-pyrrole nitrogens is 1. The number of nitrogens with one attached hydrogen (secondary N) is 1. The van der Waals surface area contributed by atoms with Crippen molar-refractivity contribution in [1.29, 1.82) is 0 Å². The van der Waals surface area contributed by atoms with Crippen LogP contribution in [0.2, 0.25) is 0 Å². The van der Waals surface area contributed by atoms with Gasteiger partial charge in [-0.3, -0.25) is 14.3 Å². The zero-order valence-electron chi connectivity index (χ0n) is 17.7. The van der Waals surface area contributed by atoms with Crippen LogP contribution in [0.1, 0.15) is 39.3 Å². The van der Waals surface area contributed by atoms with Crippen LogP contribution < -0.4 is 11.3 Å². The number of ether oxygens (including phenoxy) is 1. The highest BCUT2D eigenvalue weighted by molar-refractivity contribution is 8.35. The van der Waals surface area contributed by atoms with Crippen LogP contribution in [-0.2, 0) is 26.0 Å². The highest BCUT2D eigenvalue weighted by Gasteiger charge is 2.54. The van der Waals surface area contributed by atoms with Crippen LogP contribution in [0, 0.1) is 17.3 Å². The van der Waals surface area contributed by atoms with Gasteiger partial charge >= 0.3 is 7.15 Å². The smallest absolute Gasteiger partial charge is 0.331 e. The molecule has 1 saturated heterocycles. The van der Waals surface area contributed by atoms with Crippen molar-refractivity contribution in [3.8, 4) is 0 Å². The lowest BCUT2D eigenvalue weighted by molar-refractivity contribution is -0.0464. The van der Waals surface area contributed by atoms with Gasteiger partial charge in [0, 0.05) is 12.3 Å². The molecular weight excluding hydrogens is 457 g/mol. The first kappa shape index (κ1) is 22.1. The Labute approximate surface area is 189 Å². The predicted octanol–water partition coefficient (Wildman–Crippen LogP) is 1.55. The molecule has 6 rings (SSSR count). The Balaban J connectivity index is 1.23. The first-order valence-corrected chi connectivity index (χ1v) is 13.1. The Kier molecular flexibility index (Phi) is 5.31. The van der Waals surface area contributed by atoms with Crippen LogP contribution in [0.3, 0.4) is 0 Å². The second-order valence-electron chi connectivity index (χ2n) is 9.21. The normalized spacial score (nSPS) is 32.9. The van der Waals surface area contributed by atoms with Crippen molar-refractivity contribution in [3.05, 3.63) is 28.5 Å². The number of imidazole rings is 1. The molecule has 2 bridgehead atoms. The van der Waals surface area contributed by atoms with Crippen LogP contribution in [0.4, 0.5) is 5.95 Å². The lowest BCUT2D eigenvalue weighted by Gasteiger charge is -2.55. The molecule has 3 aliphatic carbocycles. The largest absolute Gasteiger partial charge is 0.449 e. The minimum absolute atomic E-state index is 0.0428. The highest BCUT2D eigenvalue weighted by Crippen LogP contribution is 2.65. The maximum absolute atomic E-state index is 12.0. The molecule has 6 atom stereocenters. The summed E-state index contributed by atoms with van der Waals surface area (Å²) in [5.74, 6) is 1.53. The van der Waals surface area contributed by atoms with Gasteiger partial charge in [0.2, 0.25) is 5.95 Å². The highest BCUT2D eigenvalue weighted by atomic mass is 32.7. The Morgan fingerprint density at radius 2 is 2.25 bits per heavy atom. The topological polar surface area (TPSA) is 158 Å². The number of rotatable bonds is 6. The van der Waals surface area contributed by atoms with Gasteiger partial charge in [-0.05, 0) is 30.3 Å². The fourth-order valence-corrected chi connectivity index (χ4v) is 6.21. The molecule has 4 aliphatic rings. The Hall–Kier alpha value is -1.69. The molecule has 1 aliphatic heterocycles. The molecule has 0 spiro atoms. The molecule has 13 heteroatoms. The molecule has 3 heterocycles. The number of hydrogen-bond donors (Lipinski definition) is 4. The van der Waals surface area contributed by atoms with Crippen molar-refractivity contribution in [1.82, 2.24) is 19.5 Å². The number of hydrogen-bond acceptors (Lipinski definition) is 10. The number of nitrogens with zero attached hydrogens (tertiary/aromatic N) is 3. The van der Waals surface area contributed by atoms with Crippen molar-refractivity contribution < 1.29 is 23.8 Å². The predicted molar refractivity (Wildman–Crippen MR) is 119 cm³/mol. The van der Waals surface area contributed by atoms with E-state index in [-0.39, 0.29) is 41.5 Å². The van der Waals surface area contributed by atoms with Gasteiger partial charge in [0.25, 0.3) is 5.56 Å². The van der Waals surface area contributed by atoms with Crippen LogP contribution in [0.15, 0.2) is 23.0 Å². The zero-order chi connectivity index (χ0) is 22.8. The quantitative estimate of drug-likeness (QED) is 0.351. The minimum Gasteiger partial charge on any atom is -0.449 e. The standard InChI is InChI=1S/C19H26N5O6PS/c1-19(2)9-3-4-12(10(19)5-9)30-31(27,32)28-7-13-11(25)6-14(29-13)24-8-21-15-16(24)22-18(20)23-17(15)26/h4,8-11,13-14,25H,3,5-7H2,1-2H3,(H,27,32)(H3,20,22,23,26)/t9-,10-,11+,13-,14-,31?/m1/s1. The number of aliphatic hydroxyl groups excluding tert-OH is 1. The third-order valence-electron chi connectivity index (χ3n) is 7.01. The van der Waals surface area contributed by atoms with Gasteiger partial charge in [-0.2, -0.15) is 9.51 Å². The van der Waals surface area contributed by atoms with Gasteiger partial charge in [-0.1, -0.05) is 13.8 Å². The number of allylic oxidation sites excluding steroid dienone is 2. The maximum Gasteiger partial charge on any atom is 0.331 e. The first-order valence-electron chi connectivity index (χ1n) is 10.5. The summed E-state index contributed by atoms with van der Waals surface area (Å²) >= 11 is 5.21. The van der Waals surface area contributed by atoms with Crippen molar-refractivity contribution in [3.63, 3.8) is 0 Å². The van der Waals surface area contributed by atoms with Crippen LogP contribution in [0.5, 0.6) is 0 Å². The van der Waals surface area contributed by atoms with E-state index in [2.05, 4.69) is 28.8 Å². The Bertz CT molecular complexity index is 1130. The van der Waals surface area contributed by atoms with E-state index in [0.717, 1.165) is 12.8 Å². The number of nitrogen functional groups attached to an aromatic ring is 1. The third kappa shape index (κ3) is 3.72. The van der Waals surface area contributed by atoms with E-state index in [9.17, 15) is 14.8 Å². The fraction of sp³-hybridized carbons (Fsp3) is 0.632. The van der Waals surface area contributed by atoms with Crippen molar-refractivity contribution in [2.75, 3.05) is 12.3 Å². The summed E-state index contributed by atoms with van der Waals surface area (Å²) < 4.78 is 18.7. The molecule has 1 unspecified atom stereocenters. The van der Waals surface area contributed by atoms with Crippen molar-refractivity contribution in [2.24, 2.45) is 17.3 Å². The van der Waals surface area contributed by atoms with Gasteiger partial charge < -0.3 is 32.3 Å². The van der Waals surface area contributed by atoms with Crippen LogP contribution in [0.25, 0.3) is 11.2 Å². The van der Waals surface area contributed by atoms with Gasteiger partial charge in [-0.15, -0.1) is 0 Å². The average Bonchev–Trinajstić information content (AvgIpc) is 3.29. The summed E-state index contributed by atoms with van der Waals surface area (Å²) in [6.07, 6.45) is 3.28. The van der Waals surface area contributed by atoms with E-state index in [0.29, 0.717) is 11.7 Å². The molecular formula is C19H26N5O6PS. The monoisotopic (exact) mass is 483 g/mol. The summed E-state index contributed by atoms with van der Waals surface area (Å²) in [7, 11) is -3.56. The van der Waals surface area contributed by atoms with Gasteiger partial charge in [0.05, 0.1) is 12.4 Å². The summed E-state index contributed by atoms with van der Waals surface area (Å²) in [5, 5.41) is 10.5. The molecule has 0 amide bonds. The number of anilines is 1. The van der Waals surface area contributed by atoms with Crippen molar-refractivity contribution >= 4 is 36.5 Å². The summed E-state index contributed by atoms with van der Waals surface area (Å²) in [4.78, 5) is 33.1. The molecule has 32 heavy (non-hydrogen) atoms. The lowest BCUT2D eigenvalue weighted by atomic mass is 9.50. The molecule has 1 saturated carbocycles. The number of aromatic nitrogens is 4. The van der Waals surface area contributed by atoms with Crippen LogP contribution in [-0.4, -0.2) is 48.3 Å². The van der Waals surface area contributed by atoms with E-state index in [4.69, 9.17) is 31.8 Å². The fourth-order valence-electron chi connectivity index (χ4n) is 4.92. The molecule has 11 nitrogen and oxygen atoms in total. The number of nitrogens with two attached hydrogens (primary N) is 1. The molecule has 0 radical (unpaired) electrons. The third-order valence-corrected chi connectivity index (χ3v) is 8.46. The number of aromatic amines is 1. The maximum atomic E-state index is 12.0. The second-order valence-corrected chi connectivity index (χ2v) is 12.0. The summed E-state index contributed by atoms with van der Waals surface area (Å²) in [5.41, 5.74) is 5.69. The van der Waals surface area contributed by atoms with E-state index in [1.54, 1.807) is 0 Å². The zero-order valence-corrected chi connectivity index (χ0v) is 19.4. The SMILES string of the molecule is CC1(C)[C@@H]2CC=C(O[P+](O)([S-])OC[C@H]3O[C@@H](n4cnc5c(=O)[nH]c(N)nc54)C[C@@H]3O)[C@H]1C2. The molecule has 174 valence electrons. The summed E-state index contributed by atoms with van der Waals surface area (Å²) in [6, 6.07) is 0. The molecule has 5 N–H and O–H groups in total. The van der Waals surface area contributed by atoms with E-state index < -0.39 is 31.1 Å². The molecule has 2 aromatic rings. The van der Waals surface area contributed by atoms with E-state index >= 15 is 0 Å². The molecule has 2 aromatic heterocycles. The second kappa shape index (κ2) is 7.68. The van der Waals surface area contributed by atoms with E-state index in [1.807, 2.05) is 6.08 Å². The van der Waals surface area contributed by atoms with Gasteiger partial charge in [-0.25, -0.2) is 9.88 Å². The van der Waals surface area contributed by atoms with Gasteiger partial charge in [0.15, 0.2) is 16.9 Å². The van der Waals surface area contributed by atoms with Crippen LogP contribution >= 0.6 is 7.15 Å². The summed E-state index contributed by atoms with van der Waals surface area (Å²) in [6.45, 7) is 4.25. The first-order chi connectivity index (χ1) is 15.0. The number of aliphatic hydroxyl groups is 1. The number of fused-ring (bicyclic) bond motifs is 2. The van der Waals surface area contributed by atoms with Crippen molar-refractivity contribution in [2.45, 2.75) is 51.5 Å². The lowest BCUT2D eigenvalue weighted by Crippen LogP contribution is -2.48. The average molecular weight is 483 g/mol. The van der Waals surface area contributed by atoms with Gasteiger partial charge in [0.1, 0.15) is 18.9 Å². The minimum atomic E-state index is -3.56. The molecule has 2 fully saturated rings. The Morgan fingerprint density at radius 3 is 2.97 bits per heavy atom. The molecule has 0 aromatic carbocycles.